The highest BCUT2D eigenvalue weighted by Crippen LogP contribution is 1.91. The second-order valence-electron chi connectivity index (χ2n) is 2.60. The summed E-state index contributed by atoms with van der Waals surface area (Å²) in [6.45, 7) is 2.15. The van der Waals surface area contributed by atoms with Crippen molar-refractivity contribution < 1.29 is 14.7 Å². The first-order valence-electron chi connectivity index (χ1n) is 4.30. The summed E-state index contributed by atoms with van der Waals surface area (Å²) in [5, 5.41) is 10.8. The number of nitrogens with one attached hydrogen (secondary N) is 2. The summed E-state index contributed by atoms with van der Waals surface area (Å²) in [5.41, 5.74) is 0.227. The van der Waals surface area contributed by atoms with Gasteiger partial charge in [-0.2, -0.15) is 12.6 Å². The number of rotatable bonds is 3. The molecule has 0 aliphatic carbocycles. The van der Waals surface area contributed by atoms with E-state index in [1.807, 2.05) is 0 Å². The fourth-order valence-electron chi connectivity index (χ4n) is 0.695. The van der Waals surface area contributed by atoms with Crippen molar-refractivity contribution in [3.05, 3.63) is 24.0 Å². The summed E-state index contributed by atoms with van der Waals surface area (Å²) in [6.07, 6.45) is 1.57. The van der Waals surface area contributed by atoms with E-state index >= 15 is 0 Å². The van der Waals surface area contributed by atoms with Crippen LogP contribution in [0.5, 0.6) is 0 Å². The molecule has 0 aliphatic rings. The van der Waals surface area contributed by atoms with E-state index in [4.69, 9.17) is 5.11 Å². The molecule has 5 nitrogen and oxygen atoms in total. The van der Waals surface area contributed by atoms with Gasteiger partial charge < -0.3 is 15.4 Å². The minimum atomic E-state index is -0.921. The molecule has 0 saturated heterocycles. The number of carboxylic acids is 1. The van der Waals surface area contributed by atoms with Crippen LogP contribution in [0.1, 0.15) is 17.4 Å². The van der Waals surface area contributed by atoms with E-state index in [0.29, 0.717) is 12.3 Å². The Morgan fingerprint density at radius 2 is 2.27 bits per heavy atom. The van der Waals surface area contributed by atoms with Crippen molar-refractivity contribution in [2.24, 2.45) is 0 Å². The minimum absolute atomic E-state index is 0.00838. The summed E-state index contributed by atoms with van der Waals surface area (Å²) in [7, 11) is 0. The molecule has 1 aromatic rings. The van der Waals surface area contributed by atoms with Crippen LogP contribution in [0.2, 0.25) is 0 Å². The van der Waals surface area contributed by atoms with Crippen LogP contribution in [0, 0.1) is 0 Å². The average molecular weight is 230 g/mol. The van der Waals surface area contributed by atoms with E-state index in [9.17, 15) is 9.59 Å². The molecule has 0 spiro atoms. The van der Waals surface area contributed by atoms with Crippen LogP contribution >= 0.6 is 12.6 Å². The van der Waals surface area contributed by atoms with E-state index in [1.165, 1.54) is 13.0 Å². The molecular formula is C9H14N2O3S. The maximum atomic E-state index is 10.1. The molecular weight excluding hydrogens is 216 g/mol. The van der Waals surface area contributed by atoms with Gasteiger partial charge in [-0.05, 0) is 12.1 Å². The SMILES string of the molecule is CC(=O)NCCS.O=C(O)c1ccc[nH]1. The predicted molar refractivity (Wildman–Crippen MR) is 60.3 cm³/mol. The normalized spacial score (nSPS) is 8.67. The zero-order chi connectivity index (χ0) is 11.7. The molecule has 1 amide bonds. The van der Waals surface area contributed by atoms with E-state index < -0.39 is 5.97 Å². The number of aromatic carboxylic acids is 1. The number of H-pyrrole nitrogens is 1. The van der Waals surface area contributed by atoms with Crippen LogP contribution in [0.4, 0.5) is 0 Å². The number of thiol groups is 1. The molecule has 0 fully saturated rings. The van der Waals surface area contributed by atoms with Gasteiger partial charge in [0.1, 0.15) is 5.69 Å². The Morgan fingerprint density at radius 3 is 2.47 bits per heavy atom. The Hall–Kier alpha value is -1.43. The van der Waals surface area contributed by atoms with Crippen LogP contribution in [0.25, 0.3) is 0 Å². The molecule has 15 heavy (non-hydrogen) atoms. The number of aromatic amines is 1. The first kappa shape index (κ1) is 13.6. The smallest absolute Gasteiger partial charge is 0.352 e. The van der Waals surface area contributed by atoms with E-state index in [1.54, 1.807) is 12.3 Å². The van der Waals surface area contributed by atoms with Crippen molar-refractivity contribution in [3.63, 3.8) is 0 Å². The lowest BCUT2D eigenvalue weighted by molar-refractivity contribution is -0.118. The molecule has 0 unspecified atom stereocenters. The monoisotopic (exact) mass is 230 g/mol. The van der Waals surface area contributed by atoms with Crippen LogP contribution in [-0.2, 0) is 4.79 Å². The van der Waals surface area contributed by atoms with Gasteiger partial charge in [0.2, 0.25) is 5.91 Å². The highest BCUT2D eigenvalue weighted by Gasteiger charge is 1.98. The fraction of sp³-hybridized carbons (Fsp3) is 0.333. The lowest BCUT2D eigenvalue weighted by Gasteiger charge is -1.93. The lowest BCUT2D eigenvalue weighted by Crippen LogP contribution is -2.21. The van der Waals surface area contributed by atoms with Gasteiger partial charge in [-0.1, -0.05) is 0 Å². The lowest BCUT2D eigenvalue weighted by atomic mass is 10.4. The van der Waals surface area contributed by atoms with Gasteiger partial charge in [0.25, 0.3) is 0 Å². The molecule has 0 aromatic carbocycles. The first-order valence-corrected chi connectivity index (χ1v) is 4.93. The van der Waals surface area contributed by atoms with Crippen LogP contribution in [0.3, 0.4) is 0 Å². The zero-order valence-electron chi connectivity index (χ0n) is 8.36. The molecule has 1 rings (SSSR count). The third-order valence-electron chi connectivity index (χ3n) is 1.31. The molecule has 3 N–H and O–H groups in total. The highest BCUT2D eigenvalue weighted by atomic mass is 32.1. The number of amides is 1. The Labute approximate surface area is 93.3 Å². The van der Waals surface area contributed by atoms with E-state index in [2.05, 4.69) is 22.9 Å². The average Bonchev–Trinajstić information content (AvgIpc) is 2.68. The van der Waals surface area contributed by atoms with E-state index in [0.717, 1.165) is 0 Å². The van der Waals surface area contributed by atoms with Gasteiger partial charge in [-0.15, -0.1) is 0 Å². The first-order chi connectivity index (χ1) is 7.07. The molecule has 84 valence electrons. The molecule has 0 atom stereocenters. The van der Waals surface area contributed by atoms with Gasteiger partial charge in [0, 0.05) is 25.4 Å². The summed E-state index contributed by atoms with van der Waals surface area (Å²) >= 11 is 3.88. The van der Waals surface area contributed by atoms with Crippen molar-refractivity contribution in [2.45, 2.75) is 6.92 Å². The molecule has 0 bridgehead atoms. The van der Waals surface area contributed by atoms with Crippen LogP contribution in [0.15, 0.2) is 18.3 Å². The second kappa shape index (κ2) is 7.93. The Bertz CT molecular complexity index is 298. The fourth-order valence-corrected chi connectivity index (χ4v) is 0.807. The number of carbonyl (C=O) groups is 2. The predicted octanol–water partition coefficient (Wildman–Crippen LogP) is 0.765. The van der Waals surface area contributed by atoms with Gasteiger partial charge in [0.15, 0.2) is 0 Å². The van der Waals surface area contributed by atoms with Crippen molar-refractivity contribution in [3.8, 4) is 0 Å². The Balaban J connectivity index is 0.000000265. The van der Waals surface area contributed by atoms with E-state index in [-0.39, 0.29) is 11.6 Å². The highest BCUT2D eigenvalue weighted by molar-refractivity contribution is 7.80. The Kier molecular flexibility index (Phi) is 7.17. The quantitative estimate of drug-likeness (QED) is 0.579. The van der Waals surface area contributed by atoms with Crippen molar-refractivity contribution in [2.75, 3.05) is 12.3 Å². The largest absolute Gasteiger partial charge is 0.477 e. The third-order valence-corrected chi connectivity index (χ3v) is 1.54. The van der Waals surface area contributed by atoms with Crippen molar-refractivity contribution >= 4 is 24.5 Å². The number of hydrogen-bond donors (Lipinski definition) is 4. The standard InChI is InChI=1S/C5H5NO2.C4H9NOS/c7-5(8)4-2-1-3-6-4;1-4(6)5-2-3-7/h1-3,6H,(H,7,8);7H,2-3H2,1H3,(H,5,6). The number of aromatic nitrogens is 1. The van der Waals surface area contributed by atoms with Crippen LogP contribution < -0.4 is 5.32 Å². The summed E-state index contributed by atoms with van der Waals surface area (Å²) in [5.74, 6) is -0.205. The number of carbonyl (C=O) groups excluding carboxylic acids is 1. The maximum Gasteiger partial charge on any atom is 0.352 e. The van der Waals surface area contributed by atoms with Crippen molar-refractivity contribution in [1.29, 1.82) is 0 Å². The molecule has 0 aliphatic heterocycles. The molecule has 1 aromatic heterocycles. The molecule has 0 saturated carbocycles. The molecule has 0 radical (unpaired) electrons. The maximum absolute atomic E-state index is 10.1. The summed E-state index contributed by atoms with van der Waals surface area (Å²) in [6, 6.07) is 3.14. The Morgan fingerprint density at radius 1 is 1.60 bits per heavy atom. The second-order valence-corrected chi connectivity index (χ2v) is 3.04. The van der Waals surface area contributed by atoms with Gasteiger partial charge >= 0.3 is 5.97 Å². The summed E-state index contributed by atoms with van der Waals surface area (Å²) < 4.78 is 0. The number of hydrogen-bond acceptors (Lipinski definition) is 3. The van der Waals surface area contributed by atoms with Gasteiger partial charge in [0.05, 0.1) is 0 Å². The molecule has 6 heteroatoms. The number of carboxylic acid groups (broad SMARTS) is 1. The topological polar surface area (TPSA) is 82.2 Å². The summed E-state index contributed by atoms with van der Waals surface area (Å²) in [4.78, 5) is 22.6. The molecule has 1 heterocycles. The minimum Gasteiger partial charge on any atom is -0.477 e. The van der Waals surface area contributed by atoms with Gasteiger partial charge in [-0.3, -0.25) is 4.79 Å². The third kappa shape index (κ3) is 7.63. The zero-order valence-corrected chi connectivity index (χ0v) is 9.25. The van der Waals surface area contributed by atoms with Gasteiger partial charge in [-0.25, -0.2) is 4.79 Å². The van der Waals surface area contributed by atoms with Crippen molar-refractivity contribution in [1.82, 2.24) is 10.3 Å². The van der Waals surface area contributed by atoms with Crippen LogP contribution in [-0.4, -0.2) is 34.3 Å².